The number of anilines is 3. The third kappa shape index (κ3) is 4.82. The minimum absolute atomic E-state index is 0.535. The average molecular weight is 726 g/mol. The van der Waals surface area contributed by atoms with Crippen LogP contribution < -0.4 is 4.90 Å². The topological polar surface area (TPSA) is 3.24 Å². The monoisotopic (exact) mass is 725 g/mol. The Kier molecular flexibility index (Phi) is 7.69. The maximum atomic E-state index is 2.49. The number of hydrogen-bond acceptors (Lipinski definition) is 1. The summed E-state index contributed by atoms with van der Waals surface area (Å²) in [6, 6.07) is 87.5. The van der Waals surface area contributed by atoms with E-state index in [4.69, 9.17) is 0 Å². The van der Waals surface area contributed by atoms with E-state index in [-0.39, 0.29) is 0 Å². The molecule has 0 aliphatic heterocycles. The molecule has 0 radical (unpaired) electrons. The van der Waals surface area contributed by atoms with Crippen LogP contribution in [0.4, 0.5) is 17.1 Å². The third-order valence-corrected chi connectivity index (χ3v) is 12.4. The minimum atomic E-state index is -0.568. The van der Waals surface area contributed by atoms with Crippen molar-refractivity contribution in [3.05, 3.63) is 281 Å². The zero-order valence-electron chi connectivity index (χ0n) is 31.5. The van der Waals surface area contributed by atoms with Crippen molar-refractivity contribution in [2.45, 2.75) is 10.8 Å². The smallest absolute Gasteiger partial charge is 0.0720 e. The molecule has 0 saturated carbocycles. The predicted molar refractivity (Wildman–Crippen MR) is 236 cm³/mol. The van der Waals surface area contributed by atoms with Gasteiger partial charge in [-0.15, -0.1) is 0 Å². The molecule has 268 valence electrons. The number of nitrogens with zero attached hydrogens (tertiary/aromatic N) is 1. The van der Waals surface area contributed by atoms with Crippen molar-refractivity contribution in [2.75, 3.05) is 4.90 Å². The zero-order valence-corrected chi connectivity index (χ0v) is 31.5. The summed E-state index contributed by atoms with van der Waals surface area (Å²) in [5.41, 5.74) is 17.6. The largest absolute Gasteiger partial charge is 0.310 e. The van der Waals surface area contributed by atoms with Gasteiger partial charge in [-0.1, -0.05) is 200 Å². The summed E-state index contributed by atoms with van der Waals surface area (Å²) in [7, 11) is 0. The molecule has 0 atom stereocenters. The lowest BCUT2D eigenvalue weighted by atomic mass is 9.51. The quantitative estimate of drug-likeness (QED) is 0.165. The highest BCUT2D eigenvalue weighted by molar-refractivity contribution is 5.92. The molecule has 0 N–H and O–H groups in total. The van der Waals surface area contributed by atoms with Gasteiger partial charge in [0.1, 0.15) is 0 Å². The van der Waals surface area contributed by atoms with Crippen LogP contribution in [0.3, 0.4) is 0 Å². The summed E-state index contributed by atoms with van der Waals surface area (Å²) in [6.45, 7) is 0. The van der Waals surface area contributed by atoms with Gasteiger partial charge >= 0.3 is 0 Å². The predicted octanol–water partition coefficient (Wildman–Crippen LogP) is 13.9. The highest BCUT2D eigenvalue weighted by Crippen LogP contribution is 2.65. The first kappa shape index (κ1) is 33.1. The van der Waals surface area contributed by atoms with Crippen LogP contribution in [-0.4, -0.2) is 0 Å². The fourth-order valence-electron chi connectivity index (χ4n) is 10.2. The van der Waals surface area contributed by atoms with Gasteiger partial charge in [-0.05, 0) is 103 Å². The van der Waals surface area contributed by atoms with Crippen molar-refractivity contribution in [3.63, 3.8) is 0 Å². The molecule has 0 unspecified atom stereocenters. The van der Waals surface area contributed by atoms with E-state index in [0.717, 1.165) is 17.1 Å². The van der Waals surface area contributed by atoms with Crippen molar-refractivity contribution < 1.29 is 0 Å². The molecule has 0 heterocycles. The molecule has 9 aromatic rings. The second-order valence-corrected chi connectivity index (χ2v) is 15.2. The van der Waals surface area contributed by atoms with Crippen LogP contribution in [0.25, 0.3) is 22.3 Å². The molecule has 2 aliphatic carbocycles. The van der Waals surface area contributed by atoms with Crippen molar-refractivity contribution in [1.29, 1.82) is 0 Å². The molecule has 1 heteroatoms. The molecule has 9 aromatic carbocycles. The van der Waals surface area contributed by atoms with Gasteiger partial charge in [-0.3, -0.25) is 0 Å². The molecule has 1 spiro atoms. The van der Waals surface area contributed by atoms with Crippen molar-refractivity contribution in [2.24, 2.45) is 0 Å². The van der Waals surface area contributed by atoms with Crippen molar-refractivity contribution >= 4 is 17.1 Å². The van der Waals surface area contributed by atoms with Gasteiger partial charge in [0.2, 0.25) is 0 Å². The number of benzene rings is 9. The van der Waals surface area contributed by atoms with Gasteiger partial charge in [0.25, 0.3) is 0 Å². The Balaban J connectivity index is 1.20. The van der Waals surface area contributed by atoms with E-state index in [1.165, 1.54) is 66.8 Å². The molecular weight excluding hydrogens is 687 g/mol. The van der Waals surface area contributed by atoms with E-state index in [0.29, 0.717) is 0 Å². The van der Waals surface area contributed by atoms with E-state index in [2.05, 4.69) is 241 Å². The summed E-state index contributed by atoms with van der Waals surface area (Å²) >= 11 is 0. The fraction of sp³-hybridized carbons (Fsp3) is 0.0357. The maximum Gasteiger partial charge on any atom is 0.0720 e. The molecule has 57 heavy (non-hydrogen) atoms. The van der Waals surface area contributed by atoms with E-state index in [1.807, 2.05) is 0 Å². The Morgan fingerprint density at radius 3 is 1.19 bits per heavy atom. The second kappa shape index (κ2) is 13.2. The van der Waals surface area contributed by atoms with Gasteiger partial charge in [0.15, 0.2) is 0 Å². The summed E-state index contributed by atoms with van der Waals surface area (Å²) in [5.74, 6) is 0. The number of hydrogen-bond donors (Lipinski definition) is 0. The Hall–Kier alpha value is -7.22. The van der Waals surface area contributed by atoms with Gasteiger partial charge in [-0.25, -0.2) is 0 Å². The van der Waals surface area contributed by atoms with Gasteiger partial charge in [0, 0.05) is 17.1 Å². The molecule has 0 bridgehead atoms. The summed E-state index contributed by atoms with van der Waals surface area (Å²) < 4.78 is 0. The van der Waals surface area contributed by atoms with Crippen LogP contribution >= 0.6 is 0 Å². The first-order valence-corrected chi connectivity index (χ1v) is 19.9. The van der Waals surface area contributed by atoms with Crippen LogP contribution in [0.15, 0.2) is 237 Å². The normalized spacial score (nSPS) is 13.9. The number of para-hydroxylation sites is 1. The summed E-state index contributed by atoms with van der Waals surface area (Å²) in [4.78, 5) is 2.41. The SMILES string of the molecule is c1ccc(-c2ccc(N(c3ccccc3)c3ccc4c(c3)C3(c5ccccc5-4)c4ccccc4C(c4ccccc4)(c4ccccc4)c4ccccc43)cc2)cc1. The minimum Gasteiger partial charge on any atom is -0.310 e. The average Bonchev–Trinajstić information content (AvgIpc) is 3.58. The van der Waals surface area contributed by atoms with Crippen molar-refractivity contribution in [1.82, 2.24) is 0 Å². The molecule has 0 saturated heterocycles. The van der Waals surface area contributed by atoms with Crippen LogP contribution in [-0.2, 0) is 10.8 Å². The van der Waals surface area contributed by atoms with Gasteiger partial charge in [-0.2, -0.15) is 0 Å². The van der Waals surface area contributed by atoms with Crippen LogP contribution in [0.5, 0.6) is 0 Å². The van der Waals surface area contributed by atoms with E-state index in [9.17, 15) is 0 Å². The lowest BCUT2D eigenvalue weighted by Crippen LogP contribution is -2.44. The molecule has 0 amide bonds. The van der Waals surface area contributed by atoms with E-state index >= 15 is 0 Å². The number of fused-ring (bicyclic) bond motifs is 9. The second-order valence-electron chi connectivity index (χ2n) is 15.2. The molecular formula is C56H39N. The van der Waals surface area contributed by atoms with Crippen LogP contribution in [0.2, 0.25) is 0 Å². The third-order valence-electron chi connectivity index (χ3n) is 12.4. The molecule has 11 rings (SSSR count). The van der Waals surface area contributed by atoms with Crippen LogP contribution in [0.1, 0.15) is 44.5 Å². The summed E-state index contributed by atoms with van der Waals surface area (Å²) in [6.07, 6.45) is 0. The van der Waals surface area contributed by atoms with Gasteiger partial charge in [0.05, 0.1) is 10.8 Å². The number of rotatable bonds is 6. The van der Waals surface area contributed by atoms with Gasteiger partial charge < -0.3 is 4.90 Å². The highest BCUT2D eigenvalue weighted by Gasteiger charge is 2.56. The maximum absolute atomic E-state index is 2.49. The summed E-state index contributed by atoms with van der Waals surface area (Å²) in [5, 5.41) is 0. The first-order chi connectivity index (χ1) is 28.3. The standard InChI is InChI=1S/C56H39N/c1-5-19-40(20-6-1)41-33-35-45(36-34-41)57(44-25-11-4-12-26-44)46-37-38-48-47-27-13-14-28-49(47)56(54(48)39-46)52-31-17-15-29-50(52)55(42-21-7-2-8-22-42,43-23-9-3-10-24-43)51-30-16-18-32-53(51)56/h1-39H. The molecule has 0 aromatic heterocycles. The molecule has 2 aliphatic rings. The Bertz CT molecular complexity index is 2790. The Morgan fingerprint density at radius 2 is 0.632 bits per heavy atom. The molecule has 0 fully saturated rings. The fourth-order valence-corrected chi connectivity index (χ4v) is 10.2. The lowest BCUT2D eigenvalue weighted by molar-refractivity contribution is 0.623. The van der Waals surface area contributed by atoms with Crippen LogP contribution in [0, 0.1) is 0 Å². The van der Waals surface area contributed by atoms with Crippen molar-refractivity contribution in [3.8, 4) is 22.3 Å². The Labute approximate surface area is 334 Å². The Morgan fingerprint density at radius 1 is 0.246 bits per heavy atom. The first-order valence-electron chi connectivity index (χ1n) is 19.9. The lowest BCUT2D eigenvalue weighted by Gasteiger charge is -2.50. The van der Waals surface area contributed by atoms with E-state index < -0.39 is 10.8 Å². The molecule has 1 nitrogen and oxygen atoms in total. The van der Waals surface area contributed by atoms with E-state index in [1.54, 1.807) is 0 Å². The zero-order chi connectivity index (χ0) is 37.8. The highest BCUT2D eigenvalue weighted by atomic mass is 15.1.